The number of carbonyl (C=O) groups excluding carboxylic acids is 1. The van der Waals surface area contributed by atoms with Crippen LogP contribution < -0.4 is 0 Å². The van der Waals surface area contributed by atoms with Crippen molar-refractivity contribution >= 4 is 33.6 Å². The van der Waals surface area contributed by atoms with Crippen LogP contribution in [0.1, 0.15) is 27.0 Å². The van der Waals surface area contributed by atoms with Gasteiger partial charge in [0, 0.05) is 21.9 Å². The summed E-state index contributed by atoms with van der Waals surface area (Å²) in [5, 5.41) is 10.8. The van der Waals surface area contributed by atoms with E-state index in [-0.39, 0.29) is 5.56 Å². The number of rotatable bonds is 3. The Bertz CT molecular complexity index is 1250. The quantitative estimate of drug-likeness (QED) is 0.418. The third-order valence-electron chi connectivity index (χ3n) is 4.76. The summed E-state index contributed by atoms with van der Waals surface area (Å²) in [5.74, 6) is -1.91. The summed E-state index contributed by atoms with van der Waals surface area (Å²) in [4.78, 5) is 28.4. The molecule has 0 aliphatic heterocycles. The second kappa shape index (κ2) is 6.06. The molecule has 2 aromatic carbocycles. The van der Waals surface area contributed by atoms with Gasteiger partial charge in [-0.25, -0.2) is 9.78 Å². The van der Waals surface area contributed by atoms with Crippen LogP contribution in [0.5, 0.6) is 0 Å². The number of Topliss-reactive ketones (excluding diaryl/α,β-unsaturated/α-hetero) is 1. The molecule has 2 heterocycles. The maximum atomic E-state index is 12.4. The minimum atomic E-state index is -1.49. The molecule has 27 heavy (non-hydrogen) atoms. The molecular weight excluding hydrogens is 342 g/mol. The lowest BCUT2D eigenvalue weighted by Crippen LogP contribution is -2.14. The molecule has 5 nitrogen and oxygen atoms in total. The van der Waals surface area contributed by atoms with Gasteiger partial charge in [0.15, 0.2) is 5.76 Å². The van der Waals surface area contributed by atoms with E-state index in [2.05, 4.69) is 0 Å². The number of nitrogens with zero attached hydrogens (tertiary/aromatic N) is 1. The van der Waals surface area contributed by atoms with Crippen molar-refractivity contribution in [3.05, 3.63) is 64.7 Å². The van der Waals surface area contributed by atoms with E-state index in [9.17, 15) is 14.7 Å². The molecule has 0 saturated heterocycles. The lowest BCUT2D eigenvalue weighted by molar-refractivity contribution is -0.131. The number of carboxylic acid groups (broad SMARTS) is 1. The van der Waals surface area contributed by atoms with Gasteiger partial charge in [-0.3, -0.25) is 4.79 Å². The number of ketones is 1. The highest BCUT2D eigenvalue weighted by molar-refractivity contribution is 6.42. The first kappa shape index (κ1) is 17.0. The van der Waals surface area contributed by atoms with E-state index in [1.165, 1.54) is 6.07 Å². The number of aliphatic carboxylic acids is 1. The molecule has 0 unspecified atom stereocenters. The summed E-state index contributed by atoms with van der Waals surface area (Å²) < 4.78 is 5.97. The number of carboxylic acids is 1. The predicted octanol–water partition coefficient (Wildman–Crippen LogP) is 4.84. The first-order chi connectivity index (χ1) is 12.9. The molecule has 0 fully saturated rings. The zero-order valence-electron chi connectivity index (χ0n) is 15.2. The van der Waals surface area contributed by atoms with Gasteiger partial charge in [0.2, 0.25) is 0 Å². The number of fused-ring (bicyclic) bond motifs is 2. The Labute approximate surface area is 155 Å². The molecule has 0 atom stereocenters. The summed E-state index contributed by atoms with van der Waals surface area (Å²) in [6.07, 6.45) is 0. The van der Waals surface area contributed by atoms with Crippen molar-refractivity contribution in [2.45, 2.75) is 20.8 Å². The Kier molecular flexibility index (Phi) is 3.81. The van der Waals surface area contributed by atoms with Crippen molar-refractivity contribution in [3.8, 4) is 11.5 Å². The molecule has 0 aliphatic rings. The molecule has 0 radical (unpaired) electrons. The highest BCUT2D eigenvalue weighted by Gasteiger charge is 2.23. The van der Waals surface area contributed by atoms with Crippen LogP contribution in [0.3, 0.4) is 0 Å². The predicted molar refractivity (Wildman–Crippen MR) is 103 cm³/mol. The fraction of sp³-hybridized carbons (Fsp3) is 0.136. The molecule has 4 aromatic rings. The van der Waals surface area contributed by atoms with Crippen LogP contribution in [0.25, 0.3) is 33.3 Å². The van der Waals surface area contributed by atoms with E-state index in [1.807, 2.05) is 51.1 Å². The maximum Gasteiger partial charge on any atom is 0.377 e. The number of carbonyl (C=O) groups is 2. The summed E-state index contributed by atoms with van der Waals surface area (Å²) in [5.41, 5.74) is 4.60. The first-order valence-electron chi connectivity index (χ1n) is 8.55. The molecule has 0 amide bonds. The minimum Gasteiger partial charge on any atom is -0.475 e. The summed E-state index contributed by atoms with van der Waals surface area (Å²) in [6, 6.07) is 12.9. The van der Waals surface area contributed by atoms with Crippen LogP contribution in [-0.4, -0.2) is 21.8 Å². The smallest absolute Gasteiger partial charge is 0.377 e. The fourth-order valence-electron chi connectivity index (χ4n) is 3.52. The van der Waals surface area contributed by atoms with Gasteiger partial charge in [0.25, 0.3) is 5.78 Å². The van der Waals surface area contributed by atoms with Crippen molar-refractivity contribution in [3.63, 3.8) is 0 Å². The van der Waals surface area contributed by atoms with E-state index in [0.29, 0.717) is 22.4 Å². The number of benzene rings is 2. The number of pyridine rings is 1. The molecule has 0 spiro atoms. The average Bonchev–Trinajstić information content (AvgIpc) is 2.97. The largest absolute Gasteiger partial charge is 0.475 e. The van der Waals surface area contributed by atoms with Gasteiger partial charge in [-0.2, -0.15) is 0 Å². The molecule has 4 rings (SSSR count). The van der Waals surface area contributed by atoms with Gasteiger partial charge in [-0.05, 0) is 44.5 Å². The lowest BCUT2D eigenvalue weighted by atomic mass is 9.98. The molecule has 2 aromatic heterocycles. The SMILES string of the molecule is Cc1cc(C)c2nc(-c3oc4ccccc4c3C)cc(C(=O)C(=O)O)c2c1. The second-order valence-corrected chi connectivity index (χ2v) is 6.72. The lowest BCUT2D eigenvalue weighted by Gasteiger charge is -2.10. The van der Waals surface area contributed by atoms with Crippen LogP contribution in [0.4, 0.5) is 0 Å². The van der Waals surface area contributed by atoms with Gasteiger partial charge >= 0.3 is 5.97 Å². The van der Waals surface area contributed by atoms with Crippen molar-refractivity contribution in [2.24, 2.45) is 0 Å². The highest BCUT2D eigenvalue weighted by atomic mass is 16.4. The van der Waals surface area contributed by atoms with Crippen LogP contribution in [0.2, 0.25) is 0 Å². The van der Waals surface area contributed by atoms with E-state index in [1.54, 1.807) is 6.07 Å². The first-order valence-corrected chi connectivity index (χ1v) is 8.55. The van der Waals surface area contributed by atoms with E-state index < -0.39 is 11.8 Å². The third-order valence-corrected chi connectivity index (χ3v) is 4.76. The fourth-order valence-corrected chi connectivity index (χ4v) is 3.52. The number of aryl methyl sites for hydroxylation is 3. The van der Waals surface area contributed by atoms with Gasteiger partial charge in [-0.1, -0.05) is 29.8 Å². The van der Waals surface area contributed by atoms with Gasteiger partial charge in [0.1, 0.15) is 11.3 Å². The molecule has 0 saturated carbocycles. The van der Waals surface area contributed by atoms with Crippen LogP contribution in [-0.2, 0) is 4.79 Å². The van der Waals surface area contributed by atoms with Crippen molar-refractivity contribution in [1.29, 1.82) is 0 Å². The zero-order chi connectivity index (χ0) is 19.3. The standard InChI is InChI=1S/C22H17NO4/c1-11-8-12(2)19-15(9-11)16(20(24)22(25)26)10-17(23-19)21-13(3)14-6-4-5-7-18(14)27-21/h4-10H,1-3H3,(H,25,26). The highest BCUT2D eigenvalue weighted by Crippen LogP contribution is 2.34. The summed E-state index contributed by atoms with van der Waals surface area (Å²) in [6.45, 7) is 5.72. The monoisotopic (exact) mass is 359 g/mol. The number of hydrogen-bond acceptors (Lipinski definition) is 4. The van der Waals surface area contributed by atoms with E-state index >= 15 is 0 Å². The van der Waals surface area contributed by atoms with Crippen molar-refractivity contribution in [2.75, 3.05) is 0 Å². The molecule has 0 bridgehead atoms. The Morgan fingerprint density at radius 2 is 1.74 bits per heavy atom. The number of aromatic nitrogens is 1. The Balaban J connectivity index is 2.08. The molecule has 5 heteroatoms. The van der Waals surface area contributed by atoms with Crippen LogP contribution in [0.15, 0.2) is 46.9 Å². The van der Waals surface area contributed by atoms with Gasteiger partial charge in [-0.15, -0.1) is 0 Å². The Morgan fingerprint density at radius 3 is 2.44 bits per heavy atom. The molecule has 0 aliphatic carbocycles. The maximum absolute atomic E-state index is 12.4. The van der Waals surface area contributed by atoms with Crippen LogP contribution in [0, 0.1) is 20.8 Å². The van der Waals surface area contributed by atoms with Crippen LogP contribution >= 0.6 is 0 Å². The van der Waals surface area contributed by atoms with Gasteiger partial charge in [0.05, 0.1) is 5.52 Å². The third kappa shape index (κ3) is 2.68. The average molecular weight is 359 g/mol. The zero-order valence-corrected chi connectivity index (χ0v) is 15.2. The summed E-state index contributed by atoms with van der Waals surface area (Å²) in [7, 11) is 0. The number of hydrogen-bond donors (Lipinski definition) is 1. The van der Waals surface area contributed by atoms with Gasteiger partial charge < -0.3 is 9.52 Å². The topological polar surface area (TPSA) is 80.4 Å². The normalized spacial score (nSPS) is 11.2. The minimum absolute atomic E-state index is 0.120. The number of furan rings is 1. The van der Waals surface area contributed by atoms with E-state index in [4.69, 9.17) is 9.40 Å². The van der Waals surface area contributed by atoms with E-state index in [0.717, 1.165) is 27.7 Å². The van der Waals surface area contributed by atoms with Crippen molar-refractivity contribution in [1.82, 2.24) is 4.98 Å². The second-order valence-electron chi connectivity index (χ2n) is 6.72. The van der Waals surface area contributed by atoms with Crippen molar-refractivity contribution < 1.29 is 19.1 Å². The number of para-hydroxylation sites is 1. The molecular formula is C22H17NO4. The molecule has 134 valence electrons. The molecule has 1 N–H and O–H groups in total. The summed E-state index contributed by atoms with van der Waals surface area (Å²) >= 11 is 0. The Morgan fingerprint density at radius 1 is 1.00 bits per heavy atom. The Hall–Kier alpha value is -3.47.